The zero-order valence-corrected chi connectivity index (χ0v) is 26.3. The molecule has 1 saturated carbocycles. The molecule has 0 amide bonds. The van der Waals surface area contributed by atoms with Gasteiger partial charge in [0.25, 0.3) is 6.29 Å². The molecule has 6 rings (SSSR count). The van der Waals surface area contributed by atoms with E-state index in [1.54, 1.807) is 48.5 Å². The number of carbonyl (C=O) groups is 1. The van der Waals surface area contributed by atoms with Crippen LogP contribution in [-0.4, -0.2) is 98.9 Å². The number of rotatable bonds is 10. The molecule has 2 aliphatic heterocycles. The highest BCUT2D eigenvalue weighted by Crippen LogP contribution is 2.70. The van der Waals surface area contributed by atoms with Crippen molar-refractivity contribution in [2.24, 2.45) is 5.92 Å². The van der Waals surface area contributed by atoms with E-state index in [9.17, 15) is 25.2 Å². The Kier molecular flexibility index (Phi) is 9.06. The predicted octanol–water partition coefficient (Wildman–Crippen LogP) is 1.57. The lowest BCUT2D eigenvalue weighted by Crippen LogP contribution is -2.52. The van der Waals surface area contributed by atoms with Gasteiger partial charge in [0.1, 0.15) is 41.3 Å². The number of hydrogen-bond acceptors (Lipinski definition) is 13. The number of hydrogen-bond donors (Lipinski definition) is 4. The van der Waals surface area contributed by atoms with E-state index < -0.39 is 66.5 Å². The highest BCUT2D eigenvalue weighted by molar-refractivity contribution is 5.78. The van der Waals surface area contributed by atoms with Gasteiger partial charge in [0.2, 0.25) is 6.29 Å². The highest BCUT2D eigenvalue weighted by Gasteiger charge is 2.78. The molecule has 4 N–H and O–H groups in total. The van der Waals surface area contributed by atoms with Gasteiger partial charge in [-0.05, 0) is 23.3 Å². The van der Waals surface area contributed by atoms with E-state index in [2.05, 4.69) is 0 Å². The van der Waals surface area contributed by atoms with Crippen LogP contribution in [0.25, 0.3) is 0 Å². The van der Waals surface area contributed by atoms with Crippen LogP contribution in [0.15, 0.2) is 66.7 Å². The minimum absolute atomic E-state index is 0.0474. The first-order chi connectivity index (χ1) is 22.7. The van der Waals surface area contributed by atoms with Crippen LogP contribution < -0.4 is 18.9 Å². The molecular formula is C34H38O13. The second-order valence-corrected chi connectivity index (χ2v) is 11.6. The number of aliphatic hydroxyl groups is 4. The van der Waals surface area contributed by atoms with Gasteiger partial charge in [-0.25, -0.2) is 0 Å². The maximum absolute atomic E-state index is 13.5. The molecule has 0 radical (unpaired) electrons. The van der Waals surface area contributed by atoms with Gasteiger partial charge in [0, 0.05) is 25.2 Å². The van der Waals surface area contributed by atoms with Crippen molar-refractivity contribution < 1.29 is 63.1 Å². The molecule has 9 atom stereocenters. The molecule has 0 aromatic heterocycles. The van der Waals surface area contributed by atoms with Crippen LogP contribution in [0, 0.1) is 5.92 Å². The van der Waals surface area contributed by atoms with E-state index in [0.717, 1.165) is 0 Å². The Morgan fingerprint density at radius 1 is 0.979 bits per heavy atom. The van der Waals surface area contributed by atoms with Gasteiger partial charge in [-0.3, -0.25) is 4.79 Å². The molecular weight excluding hydrogens is 616 g/mol. The lowest BCUT2D eigenvalue weighted by atomic mass is 9.70. The second kappa shape index (κ2) is 12.9. The van der Waals surface area contributed by atoms with E-state index in [-0.39, 0.29) is 29.4 Å². The van der Waals surface area contributed by atoms with E-state index in [1.807, 2.05) is 6.07 Å². The lowest BCUT2D eigenvalue weighted by Gasteiger charge is -2.40. The fourth-order valence-corrected chi connectivity index (χ4v) is 7.11. The Hall–Kier alpha value is -3.95. The summed E-state index contributed by atoms with van der Waals surface area (Å²) in [6.45, 7) is -0.601. The number of esters is 1. The molecule has 13 nitrogen and oxygen atoms in total. The first-order valence-corrected chi connectivity index (χ1v) is 15.0. The fraction of sp³-hybridized carbons (Fsp3) is 0.441. The monoisotopic (exact) mass is 654 g/mol. The first kappa shape index (κ1) is 33.0. The predicted molar refractivity (Wildman–Crippen MR) is 162 cm³/mol. The standard InChI is InChI=1S/C34H38O13/c1-40-20-12-10-19(11-13-20)34-27(18-8-6-5-7-9-18)26(30(38)42-3)29(37)33(34,39)28-23(41-2)14-21(15-24(28)47-34)45-32-31(43-4)44-17-25(46-32)22(36)16-35/h5-15,22,25-27,29,31-32,35-37,39H,16-17H2,1-4H3/t22-,25+,26-,27+,29+,31+,32+,33-,34-/m0/s1. The number of aliphatic hydroxyl groups excluding tert-OH is 3. The molecule has 3 aromatic carbocycles. The van der Waals surface area contributed by atoms with Crippen molar-refractivity contribution in [1.29, 1.82) is 0 Å². The Morgan fingerprint density at radius 2 is 1.70 bits per heavy atom. The van der Waals surface area contributed by atoms with Crippen molar-refractivity contribution in [3.8, 4) is 23.0 Å². The average molecular weight is 655 g/mol. The van der Waals surface area contributed by atoms with Gasteiger partial charge in [0.05, 0.1) is 46.0 Å². The minimum atomic E-state index is -2.25. The Balaban J connectivity index is 1.52. The van der Waals surface area contributed by atoms with Gasteiger partial charge in [-0.2, -0.15) is 0 Å². The lowest BCUT2D eigenvalue weighted by molar-refractivity contribution is -0.324. The number of ether oxygens (including phenoxy) is 8. The molecule has 2 fully saturated rings. The Morgan fingerprint density at radius 3 is 2.32 bits per heavy atom. The molecule has 0 bridgehead atoms. The van der Waals surface area contributed by atoms with Crippen LogP contribution in [0.1, 0.15) is 22.6 Å². The third kappa shape index (κ3) is 5.10. The van der Waals surface area contributed by atoms with E-state index >= 15 is 0 Å². The molecule has 1 saturated heterocycles. The molecule has 0 unspecified atom stereocenters. The van der Waals surface area contributed by atoms with Crippen LogP contribution in [0.5, 0.6) is 23.0 Å². The van der Waals surface area contributed by atoms with Crippen LogP contribution in [0.2, 0.25) is 0 Å². The van der Waals surface area contributed by atoms with Crippen LogP contribution in [-0.2, 0) is 34.9 Å². The van der Waals surface area contributed by atoms with Crippen molar-refractivity contribution in [3.05, 3.63) is 83.4 Å². The normalized spacial score (nSPS) is 31.7. The van der Waals surface area contributed by atoms with Gasteiger partial charge in [-0.15, -0.1) is 0 Å². The molecule has 0 spiro atoms. The summed E-state index contributed by atoms with van der Waals surface area (Å²) in [7, 11) is 5.54. The maximum Gasteiger partial charge on any atom is 0.312 e. The van der Waals surface area contributed by atoms with Crippen LogP contribution in [0.4, 0.5) is 0 Å². The molecule has 252 valence electrons. The van der Waals surface area contributed by atoms with E-state index in [0.29, 0.717) is 16.9 Å². The van der Waals surface area contributed by atoms with E-state index in [1.165, 1.54) is 40.6 Å². The molecule has 3 aromatic rings. The second-order valence-electron chi connectivity index (χ2n) is 11.6. The molecule has 1 aliphatic carbocycles. The van der Waals surface area contributed by atoms with Crippen LogP contribution >= 0.6 is 0 Å². The summed E-state index contributed by atoms with van der Waals surface area (Å²) in [4.78, 5) is 13.5. The Labute approximate surface area is 271 Å². The van der Waals surface area contributed by atoms with Crippen molar-refractivity contribution in [2.75, 3.05) is 41.7 Å². The van der Waals surface area contributed by atoms with Gasteiger partial charge >= 0.3 is 5.97 Å². The smallest absolute Gasteiger partial charge is 0.312 e. The summed E-state index contributed by atoms with van der Waals surface area (Å²) in [5, 5.41) is 44.7. The van der Waals surface area contributed by atoms with Crippen molar-refractivity contribution in [2.45, 2.75) is 48.0 Å². The SMILES string of the molecule is COC(=O)[C@@H]1[C@@H](O)[C@@]2(O)c3c(OC)cc(O[C@@H]4O[C@@H]([C@@H](O)CO)CO[C@H]4OC)cc3O[C@@]2(c2ccc(OC)cc2)[C@@H]1c1ccccc1. The summed E-state index contributed by atoms with van der Waals surface area (Å²) >= 11 is 0. The van der Waals surface area contributed by atoms with Crippen molar-refractivity contribution in [3.63, 3.8) is 0 Å². The minimum Gasteiger partial charge on any atom is -0.497 e. The third-order valence-electron chi connectivity index (χ3n) is 9.25. The summed E-state index contributed by atoms with van der Waals surface area (Å²) < 4.78 is 46.2. The Bertz CT molecular complexity index is 1570. The molecule has 3 aliphatic rings. The summed E-state index contributed by atoms with van der Waals surface area (Å²) in [5.41, 5.74) is -2.88. The largest absolute Gasteiger partial charge is 0.497 e. The maximum atomic E-state index is 13.5. The molecule has 47 heavy (non-hydrogen) atoms. The fourth-order valence-electron chi connectivity index (χ4n) is 7.11. The zero-order chi connectivity index (χ0) is 33.5. The summed E-state index contributed by atoms with van der Waals surface area (Å²) in [6.07, 6.45) is -6.03. The quantitative estimate of drug-likeness (QED) is 0.233. The summed E-state index contributed by atoms with van der Waals surface area (Å²) in [6, 6.07) is 18.8. The van der Waals surface area contributed by atoms with Crippen molar-refractivity contribution in [1.82, 2.24) is 0 Å². The van der Waals surface area contributed by atoms with Crippen molar-refractivity contribution >= 4 is 5.97 Å². The van der Waals surface area contributed by atoms with E-state index in [4.69, 9.17) is 37.9 Å². The third-order valence-corrected chi connectivity index (χ3v) is 9.25. The number of benzene rings is 3. The summed E-state index contributed by atoms with van der Waals surface area (Å²) in [5.74, 6) is -2.05. The number of methoxy groups -OCH3 is 4. The molecule has 2 heterocycles. The van der Waals surface area contributed by atoms with Crippen LogP contribution in [0.3, 0.4) is 0 Å². The average Bonchev–Trinajstić information content (AvgIpc) is 3.49. The highest BCUT2D eigenvalue weighted by atomic mass is 16.8. The number of carbonyl (C=O) groups excluding carboxylic acids is 1. The first-order valence-electron chi connectivity index (χ1n) is 15.0. The zero-order valence-electron chi connectivity index (χ0n) is 26.3. The molecule has 13 heteroatoms. The topological polar surface area (TPSA) is 172 Å². The van der Waals surface area contributed by atoms with Gasteiger partial charge in [0.15, 0.2) is 11.2 Å². The number of fused-ring (bicyclic) bond motifs is 3. The van der Waals surface area contributed by atoms with Gasteiger partial charge < -0.3 is 58.3 Å². The van der Waals surface area contributed by atoms with Gasteiger partial charge in [-0.1, -0.05) is 42.5 Å².